The zero-order valence-corrected chi connectivity index (χ0v) is 16.9. The lowest BCUT2D eigenvalue weighted by Gasteiger charge is -2.26. The molecule has 0 spiro atoms. The van der Waals surface area contributed by atoms with E-state index in [1.807, 2.05) is 0 Å². The largest absolute Gasteiger partial charge is 0.573 e. The number of sulfonamides is 1. The van der Waals surface area contributed by atoms with E-state index in [0.717, 1.165) is 12.1 Å². The molecule has 7 nitrogen and oxygen atoms in total. The number of rotatable bonds is 5. The molecule has 1 N–H and O–H groups in total. The summed E-state index contributed by atoms with van der Waals surface area (Å²) in [4.78, 5) is 12.3. The third-order valence-corrected chi connectivity index (χ3v) is 6.52. The first kappa shape index (κ1) is 22.3. The zero-order chi connectivity index (χ0) is 21.9. The van der Waals surface area contributed by atoms with Gasteiger partial charge in [0.15, 0.2) is 5.75 Å². The van der Waals surface area contributed by atoms with E-state index in [4.69, 9.17) is 16.3 Å². The maximum atomic E-state index is 12.9. The number of carbonyl (C=O) groups excluding carboxylic acids is 1. The highest BCUT2D eigenvalue weighted by Crippen LogP contribution is 2.31. The number of hydrogen-bond acceptors (Lipinski definition) is 5. The number of morpholine rings is 1. The van der Waals surface area contributed by atoms with Crippen molar-refractivity contribution < 1.29 is 35.9 Å². The Balaban J connectivity index is 1.87. The van der Waals surface area contributed by atoms with E-state index in [-0.39, 0.29) is 47.5 Å². The van der Waals surface area contributed by atoms with Gasteiger partial charge in [-0.1, -0.05) is 23.7 Å². The normalized spacial score (nSPS) is 15.6. The van der Waals surface area contributed by atoms with Gasteiger partial charge in [-0.05, 0) is 30.3 Å². The third kappa shape index (κ3) is 5.22. The second-order valence-electron chi connectivity index (χ2n) is 6.16. The van der Waals surface area contributed by atoms with Gasteiger partial charge < -0.3 is 14.8 Å². The first-order chi connectivity index (χ1) is 14.1. The van der Waals surface area contributed by atoms with E-state index in [1.165, 1.54) is 34.6 Å². The Labute approximate surface area is 175 Å². The van der Waals surface area contributed by atoms with E-state index in [1.54, 1.807) is 0 Å². The first-order valence-electron chi connectivity index (χ1n) is 8.61. The lowest BCUT2D eigenvalue weighted by Crippen LogP contribution is -2.40. The molecule has 0 saturated carbocycles. The molecule has 30 heavy (non-hydrogen) atoms. The number of hydrogen-bond donors (Lipinski definition) is 1. The first-order valence-corrected chi connectivity index (χ1v) is 10.4. The number of ether oxygens (including phenoxy) is 2. The van der Waals surface area contributed by atoms with E-state index in [2.05, 4.69) is 10.1 Å². The van der Waals surface area contributed by atoms with Gasteiger partial charge in [-0.25, -0.2) is 8.42 Å². The lowest BCUT2D eigenvalue weighted by atomic mass is 10.2. The van der Waals surface area contributed by atoms with Gasteiger partial charge in [0.2, 0.25) is 10.0 Å². The molecule has 0 unspecified atom stereocenters. The molecular weight excluding hydrogens is 449 g/mol. The van der Waals surface area contributed by atoms with Gasteiger partial charge in [-0.15, -0.1) is 13.2 Å². The van der Waals surface area contributed by atoms with Crippen LogP contribution in [0.15, 0.2) is 47.4 Å². The number of anilines is 1. The summed E-state index contributed by atoms with van der Waals surface area (Å²) in [7, 11) is -3.99. The van der Waals surface area contributed by atoms with Crippen molar-refractivity contribution in [1.82, 2.24) is 4.31 Å². The molecule has 0 radical (unpaired) electrons. The second kappa shape index (κ2) is 8.80. The van der Waals surface area contributed by atoms with Crippen LogP contribution in [0.1, 0.15) is 10.4 Å². The Morgan fingerprint density at radius 3 is 2.47 bits per heavy atom. The van der Waals surface area contributed by atoms with Crippen LogP contribution in [-0.2, 0) is 14.8 Å². The fraction of sp³-hybridized carbons (Fsp3) is 0.278. The summed E-state index contributed by atoms with van der Waals surface area (Å²) in [5.41, 5.74) is -0.333. The molecule has 3 rings (SSSR count). The van der Waals surface area contributed by atoms with Crippen molar-refractivity contribution in [2.75, 3.05) is 31.6 Å². The van der Waals surface area contributed by atoms with Crippen molar-refractivity contribution in [1.29, 1.82) is 0 Å². The van der Waals surface area contributed by atoms with Crippen LogP contribution >= 0.6 is 11.6 Å². The van der Waals surface area contributed by atoms with Crippen LogP contribution in [0.3, 0.4) is 0 Å². The van der Waals surface area contributed by atoms with Crippen LogP contribution in [-0.4, -0.2) is 51.3 Å². The number of benzene rings is 2. The molecule has 2 aromatic carbocycles. The highest BCUT2D eigenvalue weighted by atomic mass is 35.5. The fourth-order valence-corrected chi connectivity index (χ4v) is 4.65. The Bertz CT molecular complexity index is 1040. The number of amides is 1. The quantitative estimate of drug-likeness (QED) is 0.732. The number of halogens is 4. The number of nitrogens with zero attached hydrogens (tertiary/aromatic N) is 1. The minimum Gasteiger partial charge on any atom is -0.404 e. The highest BCUT2D eigenvalue weighted by Gasteiger charge is 2.32. The molecule has 1 saturated heterocycles. The van der Waals surface area contributed by atoms with Crippen LogP contribution in [0.2, 0.25) is 5.02 Å². The van der Waals surface area contributed by atoms with Crippen molar-refractivity contribution >= 4 is 33.2 Å². The summed E-state index contributed by atoms with van der Waals surface area (Å²) in [5.74, 6) is -1.43. The number of nitrogens with one attached hydrogen (secondary N) is 1. The van der Waals surface area contributed by atoms with Gasteiger partial charge >= 0.3 is 6.36 Å². The van der Waals surface area contributed by atoms with Crippen LogP contribution in [0.25, 0.3) is 0 Å². The van der Waals surface area contributed by atoms with Gasteiger partial charge in [-0.2, -0.15) is 4.31 Å². The summed E-state index contributed by atoms with van der Waals surface area (Å²) >= 11 is 6.05. The molecule has 0 bridgehead atoms. The molecule has 1 amide bonds. The molecule has 162 valence electrons. The van der Waals surface area contributed by atoms with E-state index in [9.17, 15) is 26.4 Å². The summed E-state index contributed by atoms with van der Waals surface area (Å²) in [5, 5.41) is 2.21. The van der Waals surface area contributed by atoms with Gasteiger partial charge in [0, 0.05) is 18.7 Å². The zero-order valence-electron chi connectivity index (χ0n) is 15.3. The molecule has 2 aromatic rings. The van der Waals surface area contributed by atoms with E-state index >= 15 is 0 Å². The molecule has 1 heterocycles. The predicted octanol–water partition coefficient (Wildman–Crippen LogP) is 3.51. The smallest absolute Gasteiger partial charge is 0.404 e. The highest BCUT2D eigenvalue weighted by molar-refractivity contribution is 7.89. The minimum absolute atomic E-state index is 0.0844. The maximum Gasteiger partial charge on any atom is 0.573 e. The summed E-state index contributed by atoms with van der Waals surface area (Å²) < 4.78 is 73.6. The number of alkyl halides is 3. The Hall–Kier alpha value is -2.34. The van der Waals surface area contributed by atoms with Crippen molar-refractivity contribution in [3.05, 3.63) is 53.1 Å². The maximum absolute atomic E-state index is 12.9. The standard InChI is InChI=1S/C18H16ClF3N2O5S/c19-13-6-5-12(11-16(13)30(26,27)24-7-9-28-10-8-24)17(25)23-14-3-1-2-4-15(14)29-18(20,21)22/h1-6,11H,7-10H2,(H,23,25). The Morgan fingerprint density at radius 1 is 1.13 bits per heavy atom. The lowest BCUT2D eigenvalue weighted by molar-refractivity contribution is -0.274. The van der Waals surface area contributed by atoms with Crippen LogP contribution in [0, 0.1) is 0 Å². The summed E-state index contributed by atoms with van der Waals surface area (Å²) in [6.07, 6.45) is -4.94. The van der Waals surface area contributed by atoms with Gasteiger partial charge in [-0.3, -0.25) is 4.79 Å². The molecule has 1 aliphatic rings. The van der Waals surface area contributed by atoms with E-state index in [0.29, 0.717) is 0 Å². The van der Waals surface area contributed by atoms with Crippen molar-refractivity contribution in [2.45, 2.75) is 11.3 Å². The van der Waals surface area contributed by atoms with Gasteiger partial charge in [0.05, 0.1) is 23.9 Å². The third-order valence-electron chi connectivity index (χ3n) is 4.14. The Morgan fingerprint density at radius 2 is 1.80 bits per heavy atom. The molecule has 1 fully saturated rings. The minimum atomic E-state index is -4.94. The molecule has 0 atom stereocenters. The average molecular weight is 465 g/mol. The molecule has 1 aliphatic heterocycles. The van der Waals surface area contributed by atoms with Crippen LogP contribution < -0.4 is 10.1 Å². The molecule has 0 aromatic heterocycles. The Kier molecular flexibility index (Phi) is 6.56. The average Bonchev–Trinajstić information content (AvgIpc) is 2.69. The van der Waals surface area contributed by atoms with Crippen molar-refractivity contribution in [2.24, 2.45) is 0 Å². The summed E-state index contributed by atoms with van der Waals surface area (Å²) in [6.45, 7) is 0.731. The van der Waals surface area contributed by atoms with Crippen molar-refractivity contribution in [3.63, 3.8) is 0 Å². The van der Waals surface area contributed by atoms with Gasteiger partial charge in [0.25, 0.3) is 5.91 Å². The second-order valence-corrected chi connectivity index (χ2v) is 8.47. The van der Waals surface area contributed by atoms with Gasteiger partial charge in [0.1, 0.15) is 4.90 Å². The monoisotopic (exact) mass is 464 g/mol. The number of para-hydroxylation sites is 2. The summed E-state index contributed by atoms with van der Waals surface area (Å²) in [6, 6.07) is 8.57. The fourth-order valence-electron chi connectivity index (χ4n) is 2.75. The van der Waals surface area contributed by atoms with Crippen molar-refractivity contribution in [3.8, 4) is 5.75 Å². The van der Waals surface area contributed by atoms with Crippen LogP contribution in [0.4, 0.5) is 18.9 Å². The SMILES string of the molecule is O=C(Nc1ccccc1OC(F)(F)F)c1ccc(Cl)c(S(=O)(=O)N2CCOCC2)c1. The molecular formula is C18H16ClF3N2O5S. The van der Waals surface area contributed by atoms with Crippen LogP contribution in [0.5, 0.6) is 5.75 Å². The number of carbonyl (C=O) groups is 1. The molecule has 12 heteroatoms. The molecule has 0 aliphatic carbocycles. The van der Waals surface area contributed by atoms with E-state index < -0.39 is 28.0 Å². The topological polar surface area (TPSA) is 84.9 Å². The predicted molar refractivity (Wildman–Crippen MR) is 102 cm³/mol.